The van der Waals surface area contributed by atoms with Gasteiger partial charge in [-0.3, -0.25) is 4.79 Å². The molecule has 232 valence electrons. The highest BCUT2D eigenvalue weighted by molar-refractivity contribution is 6.77. The molecule has 1 saturated heterocycles. The van der Waals surface area contributed by atoms with Crippen LogP contribution in [-0.2, 0) is 34.8 Å². The van der Waals surface area contributed by atoms with Crippen molar-refractivity contribution < 1.29 is 33.0 Å². The number of alkyl carbamates (subject to hydrolysis) is 1. The Morgan fingerprint density at radius 3 is 2.02 bits per heavy atom. The molecule has 0 unspecified atom stereocenters. The fraction of sp³-hybridized carbons (Fsp3) is 0.719. The molecule has 8 nitrogen and oxygen atoms in total. The van der Waals surface area contributed by atoms with Gasteiger partial charge >= 0.3 is 18.0 Å². The second-order valence-corrected chi connectivity index (χ2v) is 17.7. The number of ether oxygens (including phenoxy) is 3. The second-order valence-electron chi connectivity index (χ2n) is 12.3. The summed E-state index contributed by atoms with van der Waals surface area (Å²) in [6.45, 7) is 18.7. The quantitative estimate of drug-likeness (QED) is 0.111. The first-order chi connectivity index (χ1) is 19.3. The summed E-state index contributed by atoms with van der Waals surface area (Å²) in [7, 11) is -2.45. The van der Waals surface area contributed by atoms with Crippen molar-refractivity contribution in [2.24, 2.45) is 5.92 Å². The van der Waals surface area contributed by atoms with E-state index in [9.17, 15) is 14.4 Å². The maximum absolute atomic E-state index is 13.8. The number of hydrogen-bond donors (Lipinski definition) is 1. The minimum Gasteiger partial charge on any atom is -0.460 e. The van der Waals surface area contributed by atoms with E-state index in [0.717, 1.165) is 31.2 Å². The fourth-order valence-corrected chi connectivity index (χ4v) is 11.9. The molecule has 0 saturated carbocycles. The highest BCUT2D eigenvalue weighted by atomic mass is 28.4. The number of carbonyl (C=O) groups excluding carboxylic acids is 3. The van der Waals surface area contributed by atoms with Gasteiger partial charge in [0, 0.05) is 0 Å². The fourth-order valence-electron chi connectivity index (χ4n) is 6.28. The van der Waals surface area contributed by atoms with Gasteiger partial charge in [0.25, 0.3) is 0 Å². The zero-order chi connectivity index (χ0) is 30.7. The molecule has 1 aliphatic rings. The minimum absolute atomic E-state index is 0.0427. The van der Waals surface area contributed by atoms with Gasteiger partial charge in [-0.1, -0.05) is 104 Å². The summed E-state index contributed by atoms with van der Waals surface area (Å²) in [6.07, 6.45) is 1.46. The highest BCUT2D eigenvalue weighted by Gasteiger charge is 2.51. The van der Waals surface area contributed by atoms with Gasteiger partial charge in [0.2, 0.25) is 8.32 Å². The van der Waals surface area contributed by atoms with E-state index in [1.165, 1.54) is 0 Å². The maximum Gasteiger partial charge on any atom is 0.408 e. The van der Waals surface area contributed by atoms with Gasteiger partial charge in [-0.25, -0.2) is 9.59 Å². The van der Waals surface area contributed by atoms with Crippen LogP contribution in [0.5, 0.6) is 0 Å². The van der Waals surface area contributed by atoms with Gasteiger partial charge in [0.05, 0.1) is 12.0 Å². The molecule has 0 bridgehead atoms. The summed E-state index contributed by atoms with van der Waals surface area (Å²) in [4.78, 5) is 39.9. The molecule has 1 amide bonds. The molecule has 0 radical (unpaired) electrons. The number of carbonyl (C=O) groups is 3. The standard InChI is InChI=1S/C32H53NO7Si/c1-10-11-12-16-19-27-29(40-41(21(2)3,22(4)5)23(6)7)25(9)39-31(35)28(24(8)38-30(27)34)33-32(36)37-20-26-17-14-13-15-18-26/h13-15,17-18,21-25,27-29H,10-12,16,19-20H2,1-9H3,(H,33,36)/t24-,25+,27-,28+,29+/m1/s1. The minimum atomic E-state index is -2.45. The Morgan fingerprint density at radius 1 is 0.878 bits per heavy atom. The van der Waals surface area contributed by atoms with Crippen LogP contribution in [0.15, 0.2) is 30.3 Å². The van der Waals surface area contributed by atoms with Crippen LogP contribution in [0.4, 0.5) is 4.79 Å². The summed E-state index contributed by atoms with van der Waals surface area (Å²) < 4.78 is 24.3. The number of hydrogen-bond acceptors (Lipinski definition) is 7. The molecule has 1 fully saturated rings. The molecule has 1 aliphatic heterocycles. The highest BCUT2D eigenvalue weighted by Crippen LogP contribution is 2.45. The van der Waals surface area contributed by atoms with E-state index in [0.29, 0.717) is 6.42 Å². The number of unbranched alkanes of at least 4 members (excludes halogenated alkanes) is 3. The van der Waals surface area contributed by atoms with Crippen molar-refractivity contribution in [1.29, 1.82) is 0 Å². The van der Waals surface area contributed by atoms with Crippen LogP contribution < -0.4 is 5.32 Å². The molecule has 1 N–H and O–H groups in total. The Balaban J connectivity index is 2.36. The van der Waals surface area contributed by atoms with Gasteiger partial charge in [-0.15, -0.1) is 0 Å². The maximum atomic E-state index is 13.8. The molecule has 1 aromatic rings. The lowest BCUT2D eigenvalue weighted by Gasteiger charge is -2.46. The Labute approximate surface area is 248 Å². The van der Waals surface area contributed by atoms with Crippen molar-refractivity contribution >= 4 is 26.3 Å². The van der Waals surface area contributed by atoms with Gasteiger partial charge in [-0.2, -0.15) is 0 Å². The van der Waals surface area contributed by atoms with E-state index >= 15 is 0 Å². The first-order valence-electron chi connectivity index (χ1n) is 15.4. The molecule has 41 heavy (non-hydrogen) atoms. The Morgan fingerprint density at radius 2 is 1.46 bits per heavy atom. The van der Waals surface area contributed by atoms with Gasteiger partial charge in [0.1, 0.15) is 18.8 Å². The van der Waals surface area contributed by atoms with Crippen molar-refractivity contribution in [2.45, 2.75) is 142 Å². The number of esters is 2. The van der Waals surface area contributed by atoms with Crippen LogP contribution in [0.3, 0.4) is 0 Å². The Hall–Kier alpha value is -2.39. The molecule has 1 aromatic carbocycles. The average Bonchev–Trinajstić information content (AvgIpc) is 2.93. The number of amides is 1. The number of rotatable bonds is 13. The molecule has 0 aliphatic carbocycles. The first-order valence-corrected chi connectivity index (χ1v) is 17.5. The molecule has 9 heteroatoms. The van der Waals surface area contributed by atoms with E-state index in [1.807, 2.05) is 30.3 Å². The van der Waals surface area contributed by atoms with Crippen LogP contribution >= 0.6 is 0 Å². The summed E-state index contributed by atoms with van der Waals surface area (Å²) in [5.41, 5.74) is 1.65. The third-order valence-corrected chi connectivity index (χ3v) is 14.5. The molecule has 5 atom stereocenters. The van der Waals surface area contributed by atoms with E-state index in [2.05, 4.69) is 53.8 Å². The number of benzene rings is 1. The van der Waals surface area contributed by atoms with Gasteiger partial charge in [-0.05, 0) is 42.5 Å². The molecule has 2 rings (SSSR count). The predicted octanol–water partition coefficient (Wildman–Crippen LogP) is 7.31. The van der Waals surface area contributed by atoms with E-state index in [4.69, 9.17) is 18.6 Å². The smallest absolute Gasteiger partial charge is 0.408 e. The van der Waals surface area contributed by atoms with Crippen molar-refractivity contribution in [3.05, 3.63) is 35.9 Å². The third-order valence-electron chi connectivity index (χ3n) is 8.39. The largest absolute Gasteiger partial charge is 0.460 e. The van der Waals surface area contributed by atoms with Crippen molar-refractivity contribution in [3.63, 3.8) is 0 Å². The summed E-state index contributed by atoms with van der Waals surface area (Å²) >= 11 is 0. The van der Waals surface area contributed by atoms with Gasteiger partial charge < -0.3 is 24.0 Å². The van der Waals surface area contributed by atoms with Crippen LogP contribution in [0.2, 0.25) is 16.6 Å². The predicted molar refractivity (Wildman–Crippen MR) is 163 cm³/mol. The number of cyclic esters (lactones) is 2. The third kappa shape index (κ3) is 9.30. The SMILES string of the molecule is CCCCCC[C@H]1C(=O)O[C@H](C)[C@H](NC(=O)OCc2ccccc2)C(=O)O[C@@H](C)[C@@H]1O[Si](C(C)C)(C(C)C)C(C)C. The van der Waals surface area contributed by atoms with Crippen LogP contribution in [0.25, 0.3) is 0 Å². The zero-order valence-corrected chi connectivity index (χ0v) is 27.6. The van der Waals surface area contributed by atoms with Crippen molar-refractivity contribution in [3.8, 4) is 0 Å². The summed E-state index contributed by atoms with van der Waals surface area (Å²) in [5, 5.41) is 2.57. The van der Waals surface area contributed by atoms with E-state index in [1.54, 1.807) is 13.8 Å². The van der Waals surface area contributed by atoms with Crippen LogP contribution in [0, 0.1) is 5.92 Å². The lowest BCUT2D eigenvalue weighted by molar-refractivity contribution is -0.159. The second kappa shape index (κ2) is 16.3. The van der Waals surface area contributed by atoms with Crippen LogP contribution in [-0.4, -0.2) is 50.7 Å². The summed E-state index contributed by atoms with van der Waals surface area (Å²) in [5.74, 6) is -1.70. The average molecular weight is 592 g/mol. The molecule has 0 aromatic heterocycles. The lowest BCUT2D eigenvalue weighted by atomic mass is 9.92. The zero-order valence-electron chi connectivity index (χ0n) is 26.6. The molecule has 0 spiro atoms. The van der Waals surface area contributed by atoms with E-state index in [-0.39, 0.29) is 23.2 Å². The van der Waals surface area contributed by atoms with Crippen molar-refractivity contribution in [1.82, 2.24) is 5.32 Å². The normalized spacial score (nSPS) is 24.0. The Bertz CT molecular complexity index is 946. The molecular weight excluding hydrogens is 538 g/mol. The monoisotopic (exact) mass is 591 g/mol. The van der Waals surface area contributed by atoms with Crippen molar-refractivity contribution in [2.75, 3.05) is 0 Å². The number of nitrogens with one attached hydrogen (secondary N) is 1. The lowest BCUT2D eigenvalue weighted by Crippen LogP contribution is -2.55. The molecular formula is C32H53NO7Si. The van der Waals surface area contributed by atoms with Crippen LogP contribution in [0.1, 0.15) is 100.0 Å². The van der Waals surface area contributed by atoms with Gasteiger partial charge in [0.15, 0.2) is 6.04 Å². The first kappa shape index (κ1) is 34.8. The topological polar surface area (TPSA) is 100 Å². The van der Waals surface area contributed by atoms with E-state index < -0.39 is 56.6 Å². The summed E-state index contributed by atoms with van der Waals surface area (Å²) in [6, 6.07) is 8.03. The Kier molecular flexibility index (Phi) is 13.8. The molecule has 1 heterocycles.